The number of phenolic OH excluding ortho intramolecular Hbond substituents is 1. The lowest BCUT2D eigenvalue weighted by Gasteiger charge is -2.29. The fourth-order valence-electron chi connectivity index (χ4n) is 3.28. The summed E-state index contributed by atoms with van der Waals surface area (Å²) in [7, 11) is -4.18. The van der Waals surface area contributed by atoms with Gasteiger partial charge in [0.15, 0.2) is 5.78 Å². The van der Waals surface area contributed by atoms with Crippen LogP contribution >= 0.6 is 7.60 Å². The SMILES string of the molecule is O=[N+]([O-])c1cccc(C(Nc2ccccc2O)P(=O)(Oc2ccccc2)Oc2ccccc2)c1. The van der Waals surface area contributed by atoms with E-state index in [1.54, 1.807) is 84.9 Å². The van der Waals surface area contributed by atoms with Crippen molar-refractivity contribution in [3.05, 3.63) is 125 Å². The van der Waals surface area contributed by atoms with Gasteiger partial charge in [-0.15, -0.1) is 0 Å². The van der Waals surface area contributed by atoms with Crippen LogP contribution in [0.25, 0.3) is 0 Å². The van der Waals surface area contributed by atoms with Gasteiger partial charge in [0.1, 0.15) is 17.2 Å². The molecule has 0 spiro atoms. The molecule has 4 aromatic rings. The van der Waals surface area contributed by atoms with Gasteiger partial charge >= 0.3 is 7.60 Å². The highest BCUT2D eigenvalue weighted by Gasteiger charge is 2.42. The first-order chi connectivity index (χ1) is 16.4. The molecule has 0 heterocycles. The molecular weight excluding hydrogens is 455 g/mol. The first-order valence-corrected chi connectivity index (χ1v) is 11.9. The van der Waals surface area contributed by atoms with E-state index in [1.807, 2.05) is 0 Å². The summed E-state index contributed by atoms with van der Waals surface area (Å²) in [4.78, 5) is 10.9. The number of non-ortho nitro benzene ring substituents is 1. The molecule has 1 unspecified atom stereocenters. The molecule has 9 heteroatoms. The van der Waals surface area contributed by atoms with Gasteiger partial charge in [-0.3, -0.25) is 10.1 Å². The lowest BCUT2D eigenvalue weighted by atomic mass is 10.2. The molecular formula is C25H21N2O6P. The van der Waals surface area contributed by atoms with Crippen molar-refractivity contribution in [3.8, 4) is 17.2 Å². The zero-order valence-corrected chi connectivity index (χ0v) is 18.7. The van der Waals surface area contributed by atoms with E-state index in [-0.39, 0.29) is 34.2 Å². The average Bonchev–Trinajstić information content (AvgIpc) is 2.84. The third-order valence-corrected chi connectivity index (χ3v) is 6.85. The van der Waals surface area contributed by atoms with E-state index in [0.29, 0.717) is 0 Å². The molecule has 0 saturated carbocycles. The number of phenols is 1. The van der Waals surface area contributed by atoms with Crippen LogP contribution in [0.15, 0.2) is 109 Å². The maximum Gasteiger partial charge on any atom is 0.457 e. The van der Waals surface area contributed by atoms with Crippen molar-refractivity contribution in [2.75, 3.05) is 5.32 Å². The number of nitro groups is 1. The Labute approximate surface area is 196 Å². The number of aromatic hydroxyl groups is 1. The summed E-state index contributed by atoms with van der Waals surface area (Å²) in [5, 5.41) is 24.8. The Kier molecular flexibility index (Phi) is 6.80. The van der Waals surface area contributed by atoms with Gasteiger partial charge in [0.2, 0.25) is 0 Å². The quantitative estimate of drug-likeness (QED) is 0.119. The van der Waals surface area contributed by atoms with E-state index < -0.39 is 18.3 Å². The number of hydrogen-bond donors (Lipinski definition) is 2. The van der Waals surface area contributed by atoms with Gasteiger partial charge in [-0.2, -0.15) is 0 Å². The molecule has 0 aliphatic rings. The molecule has 1 atom stereocenters. The van der Waals surface area contributed by atoms with Crippen LogP contribution in [0.1, 0.15) is 11.3 Å². The van der Waals surface area contributed by atoms with Crippen molar-refractivity contribution in [1.82, 2.24) is 0 Å². The summed E-state index contributed by atoms with van der Waals surface area (Å²) >= 11 is 0. The molecule has 0 fully saturated rings. The first kappa shape index (κ1) is 22.9. The minimum Gasteiger partial charge on any atom is -0.506 e. The molecule has 172 valence electrons. The van der Waals surface area contributed by atoms with Crippen molar-refractivity contribution in [3.63, 3.8) is 0 Å². The smallest absolute Gasteiger partial charge is 0.457 e. The van der Waals surface area contributed by atoms with Crippen LogP contribution in [0.3, 0.4) is 0 Å². The van der Waals surface area contributed by atoms with Crippen LogP contribution in [-0.2, 0) is 4.57 Å². The molecule has 0 radical (unpaired) electrons. The number of nitrogens with one attached hydrogen (secondary N) is 1. The van der Waals surface area contributed by atoms with Crippen molar-refractivity contribution in [2.24, 2.45) is 0 Å². The summed E-state index contributed by atoms with van der Waals surface area (Å²) in [5.41, 5.74) is 0.354. The number of hydrogen-bond acceptors (Lipinski definition) is 7. The molecule has 8 nitrogen and oxygen atoms in total. The lowest BCUT2D eigenvalue weighted by Crippen LogP contribution is -2.18. The highest BCUT2D eigenvalue weighted by molar-refractivity contribution is 7.55. The Morgan fingerprint density at radius 2 is 1.35 bits per heavy atom. The van der Waals surface area contributed by atoms with E-state index in [0.717, 1.165) is 0 Å². The third-order valence-electron chi connectivity index (χ3n) is 4.86. The van der Waals surface area contributed by atoms with Crippen molar-refractivity contribution < 1.29 is 23.6 Å². The van der Waals surface area contributed by atoms with Gasteiger partial charge in [0.25, 0.3) is 5.69 Å². The Hall–Kier alpha value is -4.29. The minimum absolute atomic E-state index is 0.0936. The highest BCUT2D eigenvalue weighted by Crippen LogP contribution is 2.60. The number of anilines is 1. The van der Waals surface area contributed by atoms with E-state index in [1.165, 1.54) is 24.3 Å². The van der Waals surface area contributed by atoms with Crippen molar-refractivity contribution in [1.29, 1.82) is 0 Å². The predicted octanol–water partition coefficient (Wildman–Crippen LogP) is 6.76. The first-order valence-electron chi connectivity index (χ1n) is 10.3. The normalized spacial score (nSPS) is 11.9. The molecule has 4 rings (SSSR count). The van der Waals surface area contributed by atoms with E-state index >= 15 is 0 Å². The Morgan fingerprint density at radius 1 is 0.794 bits per heavy atom. The van der Waals surface area contributed by atoms with Crippen molar-refractivity contribution in [2.45, 2.75) is 5.78 Å². The van der Waals surface area contributed by atoms with Gasteiger partial charge in [-0.05, 0) is 42.0 Å². The average molecular weight is 476 g/mol. The topological polar surface area (TPSA) is 111 Å². The number of nitro benzene ring substituents is 1. The second-order valence-corrected chi connectivity index (χ2v) is 9.23. The second kappa shape index (κ2) is 10.1. The van der Waals surface area contributed by atoms with Gasteiger partial charge in [-0.1, -0.05) is 60.7 Å². The van der Waals surface area contributed by atoms with Gasteiger partial charge in [0.05, 0.1) is 10.6 Å². The number of rotatable bonds is 9. The van der Waals surface area contributed by atoms with Gasteiger partial charge < -0.3 is 19.5 Å². The Bertz CT molecular complexity index is 1270. The zero-order chi connectivity index (χ0) is 24.0. The van der Waals surface area contributed by atoms with E-state index in [9.17, 15) is 19.8 Å². The monoisotopic (exact) mass is 476 g/mol. The predicted molar refractivity (Wildman–Crippen MR) is 129 cm³/mol. The minimum atomic E-state index is -4.18. The number of benzene rings is 4. The van der Waals surface area contributed by atoms with Crippen LogP contribution in [0.2, 0.25) is 0 Å². The number of para-hydroxylation sites is 4. The largest absolute Gasteiger partial charge is 0.506 e. The zero-order valence-electron chi connectivity index (χ0n) is 17.9. The molecule has 0 bridgehead atoms. The third kappa shape index (κ3) is 5.36. The molecule has 0 saturated heterocycles. The number of nitrogens with zero attached hydrogens (tertiary/aromatic N) is 1. The second-order valence-electron chi connectivity index (χ2n) is 7.26. The van der Waals surface area contributed by atoms with Crippen molar-refractivity contribution >= 4 is 19.0 Å². The maximum absolute atomic E-state index is 14.5. The molecule has 0 aromatic heterocycles. The Balaban J connectivity index is 1.85. The fraction of sp³-hybridized carbons (Fsp3) is 0.0400. The van der Waals surface area contributed by atoms with Crippen LogP contribution < -0.4 is 14.4 Å². The molecule has 0 amide bonds. The summed E-state index contributed by atoms with van der Waals surface area (Å²) in [6.45, 7) is 0. The lowest BCUT2D eigenvalue weighted by molar-refractivity contribution is -0.384. The van der Waals surface area contributed by atoms with Crippen LogP contribution in [-0.4, -0.2) is 10.0 Å². The van der Waals surface area contributed by atoms with Crippen LogP contribution in [0, 0.1) is 10.1 Å². The molecule has 34 heavy (non-hydrogen) atoms. The standard InChI is InChI=1S/C25H21N2O6P/c28-24-17-8-7-16-23(24)26-25(19-10-9-11-20(18-19)27(29)30)34(31,32-21-12-3-1-4-13-21)33-22-14-5-2-6-15-22/h1-18,25-26,28H. The Morgan fingerprint density at radius 3 is 1.91 bits per heavy atom. The highest BCUT2D eigenvalue weighted by atomic mass is 31.2. The van der Waals surface area contributed by atoms with E-state index in [2.05, 4.69) is 5.32 Å². The fourth-order valence-corrected chi connectivity index (χ4v) is 5.18. The van der Waals surface area contributed by atoms with Crippen LogP contribution in [0.4, 0.5) is 11.4 Å². The summed E-state index contributed by atoms with van der Waals surface area (Å²) < 4.78 is 26.4. The van der Waals surface area contributed by atoms with Gasteiger partial charge in [0, 0.05) is 12.1 Å². The van der Waals surface area contributed by atoms with Gasteiger partial charge in [-0.25, -0.2) is 4.57 Å². The summed E-state index contributed by atoms with van der Waals surface area (Å²) in [6.07, 6.45) is 0. The molecule has 2 N–H and O–H groups in total. The molecule has 0 aliphatic heterocycles. The van der Waals surface area contributed by atoms with E-state index in [4.69, 9.17) is 9.05 Å². The molecule has 0 aliphatic carbocycles. The van der Waals surface area contributed by atoms with Crippen LogP contribution in [0.5, 0.6) is 17.2 Å². The summed E-state index contributed by atoms with van der Waals surface area (Å²) in [6, 6.07) is 29.1. The maximum atomic E-state index is 14.5. The summed E-state index contributed by atoms with van der Waals surface area (Å²) in [5.74, 6) is -0.724. The molecule has 4 aromatic carbocycles.